The van der Waals surface area contributed by atoms with Crippen molar-refractivity contribution in [1.82, 2.24) is 21.3 Å². The number of guanidine groups is 1. The summed E-state index contributed by atoms with van der Waals surface area (Å²) in [4.78, 5) is 76.4. The fraction of sp³-hybridized carbons (Fsp3) is 0.708. The van der Waals surface area contributed by atoms with Gasteiger partial charge in [0.1, 0.15) is 31.3 Å². The number of aliphatic hydroxyl groups is 1. The van der Waals surface area contributed by atoms with Crippen molar-refractivity contribution in [2.75, 3.05) is 59.3 Å². The number of aliphatic carboxylic acids is 1. The molecule has 0 aliphatic carbocycles. The fourth-order valence-corrected chi connectivity index (χ4v) is 3.07. The van der Waals surface area contributed by atoms with E-state index >= 15 is 0 Å². The van der Waals surface area contributed by atoms with Crippen LogP contribution in [0.1, 0.15) is 32.6 Å². The molecule has 0 aromatic rings. The van der Waals surface area contributed by atoms with E-state index in [1.165, 1.54) is 0 Å². The zero-order chi connectivity index (χ0) is 32.6. The minimum atomic E-state index is -1.60. The van der Waals surface area contributed by atoms with E-state index < -0.39 is 79.8 Å². The van der Waals surface area contributed by atoms with Crippen LogP contribution in [-0.2, 0) is 43.0 Å². The highest BCUT2D eigenvalue weighted by molar-refractivity contribution is 5.95. The van der Waals surface area contributed by atoms with Crippen LogP contribution < -0.4 is 38.5 Å². The predicted molar refractivity (Wildman–Crippen MR) is 150 cm³/mol. The average Bonchev–Trinajstić information content (AvgIpc) is 2.96. The number of esters is 1. The topological polar surface area (TPSA) is 309 Å². The lowest BCUT2D eigenvalue weighted by Crippen LogP contribution is -2.55. The van der Waals surface area contributed by atoms with Gasteiger partial charge in [-0.05, 0) is 19.3 Å². The lowest BCUT2D eigenvalue weighted by Gasteiger charge is -2.20. The van der Waals surface area contributed by atoms with Crippen molar-refractivity contribution in [3.8, 4) is 0 Å². The second kappa shape index (κ2) is 23.5. The van der Waals surface area contributed by atoms with Gasteiger partial charge in [0, 0.05) is 13.2 Å². The zero-order valence-electron chi connectivity index (χ0n) is 24.2. The van der Waals surface area contributed by atoms with Crippen molar-refractivity contribution >= 4 is 41.5 Å². The molecule has 0 unspecified atom stereocenters. The van der Waals surface area contributed by atoms with Crippen LogP contribution in [0, 0.1) is 0 Å². The highest BCUT2D eigenvalue weighted by atomic mass is 16.6. The van der Waals surface area contributed by atoms with Gasteiger partial charge in [-0.1, -0.05) is 6.92 Å². The van der Waals surface area contributed by atoms with Crippen LogP contribution in [-0.4, -0.2) is 129 Å². The first-order chi connectivity index (χ1) is 20.4. The smallest absolute Gasteiger partial charge is 0.325 e. The Morgan fingerprint density at radius 2 is 1.44 bits per heavy atom. The minimum Gasteiger partial charge on any atom is -0.481 e. The maximum absolute atomic E-state index is 12.7. The van der Waals surface area contributed by atoms with E-state index in [4.69, 9.17) is 41.6 Å². The van der Waals surface area contributed by atoms with E-state index in [1.54, 1.807) is 0 Å². The molecule has 12 N–H and O–H groups in total. The number of hydrogen-bond donors (Lipinski definition) is 9. The van der Waals surface area contributed by atoms with Gasteiger partial charge >= 0.3 is 11.9 Å². The normalized spacial score (nSPS) is 12.6. The molecule has 19 nitrogen and oxygen atoms in total. The van der Waals surface area contributed by atoms with Crippen LogP contribution >= 0.6 is 0 Å². The summed E-state index contributed by atoms with van der Waals surface area (Å²) in [5.74, 6) is -5.92. The third-order valence-corrected chi connectivity index (χ3v) is 5.18. The summed E-state index contributed by atoms with van der Waals surface area (Å²) in [6, 6.07) is -4.17. The number of nitrogens with two attached hydrogens (primary N) is 3. The standard InChI is InChI=1S/C24H44N8O11/c1-2-6-41-7-8-42-9-10-43-20(37)13-30-22(39)16(4-3-5-28-24(26)27)31-18(34)12-29-23(40)17(11-19(35)36)32-21(38)15(25)14-33/h15-17,33H,2-14,25H2,1H3,(H,29,40)(H,30,39)(H,31,34)(H,32,38)(H,35,36)(H4,26,27,28)/t15-,16-,17-/m0/s1. The first-order valence-corrected chi connectivity index (χ1v) is 13.5. The van der Waals surface area contributed by atoms with Crippen molar-refractivity contribution in [3.63, 3.8) is 0 Å². The summed E-state index contributed by atoms with van der Waals surface area (Å²) in [6.07, 6.45) is 0.355. The Labute approximate surface area is 248 Å². The lowest BCUT2D eigenvalue weighted by atomic mass is 10.1. The largest absolute Gasteiger partial charge is 0.481 e. The zero-order valence-corrected chi connectivity index (χ0v) is 24.2. The molecule has 0 aromatic heterocycles. The molecule has 19 heteroatoms. The van der Waals surface area contributed by atoms with Gasteiger partial charge in [-0.3, -0.25) is 33.8 Å². The van der Waals surface area contributed by atoms with Gasteiger partial charge in [-0.25, -0.2) is 0 Å². The second-order valence-electron chi connectivity index (χ2n) is 8.90. The van der Waals surface area contributed by atoms with Gasteiger partial charge in [0.25, 0.3) is 0 Å². The Kier molecular flexibility index (Phi) is 21.3. The Balaban J connectivity index is 4.92. The minimum absolute atomic E-state index is 0.0437. The Morgan fingerprint density at radius 3 is 2.05 bits per heavy atom. The highest BCUT2D eigenvalue weighted by Gasteiger charge is 2.27. The molecule has 4 amide bonds. The molecule has 0 aliphatic rings. The average molecular weight is 621 g/mol. The van der Waals surface area contributed by atoms with E-state index in [9.17, 15) is 28.8 Å². The van der Waals surface area contributed by atoms with E-state index in [2.05, 4.69) is 26.3 Å². The molecular formula is C24H44N8O11. The van der Waals surface area contributed by atoms with Crippen LogP contribution in [0.25, 0.3) is 0 Å². The molecule has 246 valence electrons. The number of nitrogens with zero attached hydrogens (tertiary/aromatic N) is 1. The van der Waals surface area contributed by atoms with Gasteiger partial charge in [0.05, 0.1) is 39.4 Å². The van der Waals surface area contributed by atoms with Gasteiger partial charge in [0.2, 0.25) is 23.6 Å². The van der Waals surface area contributed by atoms with Crippen molar-refractivity contribution in [2.24, 2.45) is 22.2 Å². The molecule has 0 radical (unpaired) electrons. The molecule has 0 fully saturated rings. The highest BCUT2D eigenvalue weighted by Crippen LogP contribution is 2.00. The number of carboxylic acids is 1. The molecule has 0 bridgehead atoms. The molecule has 3 atom stereocenters. The maximum atomic E-state index is 12.7. The number of carbonyl (C=O) groups is 6. The summed E-state index contributed by atoms with van der Waals surface area (Å²) >= 11 is 0. The maximum Gasteiger partial charge on any atom is 0.325 e. The molecular weight excluding hydrogens is 576 g/mol. The molecule has 0 rings (SSSR count). The van der Waals surface area contributed by atoms with E-state index in [-0.39, 0.29) is 38.6 Å². The van der Waals surface area contributed by atoms with Crippen molar-refractivity contribution in [2.45, 2.75) is 50.7 Å². The molecule has 0 saturated carbocycles. The number of aliphatic imine (C=N–C) groups is 1. The number of ether oxygens (including phenoxy) is 3. The third-order valence-electron chi connectivity index (χ3n) is 5.18. The van der Waals surface area contributed by atoms with Crippen molar-refractivity contribution < 1.29 is 53.2 Å². The summed E-state index contributed by atoms with van der Waals surface area (Å²) in [5, 5.41) is 27.0. The number of rotatable bonds is 24. The van der Waals surface area contributed by atoms with Crippen LogP contribution in [0.15, 0.2) is 4.99 Å². The lowest BCUT2D eigenvalue weighted by molar-refractivity contribution is -0.145. The second-order valence-corrected chi connectivity index (χ2v) is 8.90. The molecule has 0 aromatic carbocycles. The monoisotopic (exact) mass is 620 g/mol. The predicted octanol–water partition coefficient (Wildman–Crippen LogP) is -4.98. The number of carbonyl (C=O) groups excluding carboxylic acids is 5. The van der Waals surface area contributed by atoms with Crippen molar-refractivity contribution in [1.29, 1.82) is 0 Å². The Bertz CT molecular complexity index is 931. The van der Waals surface area contributed by atoms with E-state index in [1.807, 2.05) is 6.92 Å². The van der Waals surface area contributed by atoms with E-state index in [0.29, 0.717) is 19.8 Å². The number of nitrogens with one attached hydrogen (secondary N) is 4. The summed E-state index contributed by atoms with van der Waals surface area (Å²) in [5.41, 5.74) is 15.9. The first-order valence-electron chi connectivity index (χ1n) is 13.5. The van der Waals surface area contributed by atoms with Gasteiger partial charge in [-0.2, -0.15) is 0 Å². The Hall–Kier alpha value is -4.07. The quantitative estimate of drug-likeness (QED) is 0.0211. The summed E-state index contributed by atoms with van der Waals surface area (Å²) in [7, 11) is 0. The SMILES string of the molecule is CCCOCCOCCOC(=O)CNC(=O)[C@H](CCCN=C(N)N)NC(=O)CNC(=O)[C@H](CC(=O)O)NC(=O)[C@@H](N)CO. The summed E-state index contributed by atoms with van der Waals surface area (Å²) in [6.45, 7) is 1.64. The third kappa shape index (κ3) is 20.5. The van der Waals surface area contributed by atoms with Crippen LogP contribution in [0.5, 0.6) is 0 Å². The molecule has 43 heavy (non-hydrogen) atoms. The number of amides is 4. The van der Waals surface area contributed by atoms with Crippen LogP contribution in [0.3, 0.4) is 0 Å². The molecule has 0 spiro atoms. The Morgan fingerprint density at radius 1 is 0.837 bits per heavy atom. The van der Waals surface area contributed by atoms with Crippen molar-refractivity contribution in [3.05, 3.63) is 0 Å². The first kappa shape index (κ1) is 38.9. The number of hydrogen-bond acceptors (Lipinski definition) is 12. The van der Waals surface area contributed by atoms with Gasteiger partial charge in [-0.15, -0.1) is 0 Å². The molecule has 0 aliphatic heterocycles. The van der Waals surface area contributed by atoms with Gasteiger partial charge in [0.15, 0.2) is 5.96 Å². The van der Waals surface area contributed by atoms with Crippen LogP contribution in [0.2, 0.25) is 0 Å². The van der Waals surface area contributed by atoms with E-state index in [0.717, 1.165) is 6.42 Å². The summed E-state index contributed by atoms with van der Waals surface area (Å²) < 4.78 is 15.5. The number of carboxylic acid groups (broad SMARTS) is 1. The van der Waals surface area contributed by atoms with Crippen LogP contribution in [0.4, 0.5) is 0 Å². The fourth-order valence-electron chi connectivity index (χ4n) is 3.07. The molecule has 0 heterocycles. The number of aliphatic hydroxyl groups excluding tert-OH is 1. The van der Waals surface area contributed by atoms with Gasteiger partial charge < -0.3 is 62.9 Å². The molecule has 0 saturated heterocycles.